The molecule has 2 heterocycles. The van der Waals surface area contributed by atoms with Gasteiger partial charge in [-0.3, -0.25) is 4.79 Å². The Labute approximate surface area is 158 Å². The van der Waals surface area contributed by atoms with Crippen LogP contribution in [0.4, 0.5) is 0 Å². The molecule has 0 aliphatic heterocycles. The van der Waals surface area contributed by atoms with Gasteiger partial charge in [0.25, 0.3) is 5.91 Å². The van der Waals surface area contributed by atoms with Crippen LogP contribution in [0.2, 0.25) is 0 Å². The summed E-state index contributed by atoms with van der Waals surface area (Å²) in [6.07, 6.45) is 3.70. The molecule has 0 atom stereocenters. The molecule has 3 aromatic rings. The number of ether oxygens (including phenoxy) is 1. The normalized spacial score (nSPS) is 10.6. The number of halogens is 1. The molecule has 0 spiro atoms. The highest BCUT2D eigenvalue weighted by molar-refractivity contribution is 9.10. The Bertz CT molecular complexity index is 803. The molecule has 0 saturated carbocycles. The molecule has 3 rings (SSSR count). The molecule has 130 valence electrons. The fourth-order valence-corrected chi connectivity index (χ4v) is 3.42. The van der Waals surface area contributed by atoms with Gasteiger partial charge in [0.05, 0.1) is 10.2 Å². The quantitative estimate of drug-likeness (QED) is 0.564. The third-order valence-electron chi connectivity index (χ3n) is 3.50. The third-order valence-corrected chi connectivity index (χ3v) is 4.98. The molecule has 0 aliphatic carbocycles. The predicted octanol–water partition coefficient (Wildman–Crippen LogP) is 3.82. The van der Waals surface area contributed by atoms with Gasteiger partial charge < -0.3 is 10.1 Å². The van der Waals surface area contributed by atoms with E-state index in [-0.39, 0.29) is 12.5 Å². The Hall–Kier alpha value is -2.12. The maximum atomic E-state index is 11.9. The van der Waals surface area contributed by atoms with E-state index in [4.69, 9.17) is 4.74 Å². The van der Waals surface area contributed by atoms with Crippen LogP contribution in [-0.4, -0.2) is 28.8 Å². The van der Waals surface area contributed by atoms with Crippen molar-refractivity contribution in [1.82, 2.24) is 15.1 Å². The molecule has 0 fully saturated rings. The molecule has 7 heteroatoms. The first-order chi connectivity index (χ1) is 12.2. The molecule has 0 radical (unpaired) electrons. The zero-order valence-corrected chi connectivity index (χ0v) is 15.9. The third kappa shape index (κ3) is 5.17. The minimum atomic E-state index is -0.146. The van der Waals surface area contributed by atoms with E-state index in [9.17, 15) is 4.79 Å². The lowest BCUT2D eigenvalue weighted by Crippen LogP contribution is -2.30. The standard InChI is InChI=1S/C18H18BrN3O2S/c19-16-12-22(14-6-2-1-3-7-14)21-18(16)24-13-17(23)20-10-4-8-15-9-5-11-25-15/h1-3,5-7,9,11-12H,4,8,10,13H2,(H,20,23). The van der Waals surface area contributed by atoms with Gasteiger partial charge in [0.1, 0.15) is 0 Å². The first-order valence-corrected chi connectivity index (χ1v) is 9.62. The Kier molecular flexibility index (Phi) is 6.25. The Morgan fingerprint density at radius 2 is 2.08 bits per heavy atom. The van der Waals surface area contributed by atoms with Gasteiger partial charge in [0.2, 0.25) is 5.88 Å². The van der Waals surface area contributed by atoms with Crippen molar-refractivity contribution in [1.29, 1.82) is 0 Å². The van der Waals surface area contributed by atoms with E-state index < -0.39 is 0 Å². The number of nitrogens with one attached hydrogen (secondary N) is 1. The highest BCUT2D eigenvalue weighted by atomic mass is 79.9. The second kappa shape index (κ2) is 8.82. The Balaban J connectivity index is 1.43. The number of rotatable bonds is 8. The van der Waals surface area contributed by atoms with Crippen LogP contribution in [-0.2, 0) is 11.2 Å². The van der Waals surface area contributed by atoms with Gasteiger partial charge in [0, 0.05) is 17.6 Å². The van der Waals surface area contributed by atoms with Gasteiger partial charge in [0.15, 0.2) is 6.61 Å². The number of aryl methyl sites for hydroxylation is 1. The fraction of sp³-hybridized carbons (Fsp3) is 0.222. The van der Waals surface area contributed by atoms with Crippen molar-refractivity contribution in [3.05, 3.63) is 63.4 Å². The van der Waals surface area contributed by atoms with Crippen LogP contribution in [0.1, 0.15) is 11.3 Å². The minimum Gasteiger partial charge on any atom is -0.466 e. The number of carbonyl (C=O) groups excluding carboxylic acids is 1. The molecular weight excluding hydrogens is 402 g/mol. The highest BCUT2D eigenvalue weighted by Gasteiger charge is 2.11. The van der Waals surface area contributed by atoms with Crippen LogP contribution in [0.5, 0.6) is 5.88 Å². The molecular formula is C18H18BrN3O2S. The van der Waals surface area contributed by atoms with Crippen molar-refractivity contribution < 1.29 is 9.53 Å². The van der Waals surface area contributed by atoms with E-state index in [1.165, 1.54) is 4.88 Å². The predicted molar refractivity (Wildman–Crippen MR) is 102 cm³/mol. The van der Waals surface area contributed by atoms with Gasteiger partial charge in [-0.2, -0.15) is 0 Å². The average Bonchev–Trinajstić information content (AvgIpc) is 3.27. The van der Waals surface area contributed by atoms with Gasteiger partial charge in [-0.1, -0.05) is 24.3 Å². The summed E-state index contributed by atoms with van der Waals surface area (Å²) in [5.74, 6) is 0.255. The van der Waals surface area contributed by atoms with E-state index >= 15 is 0 Å². The number of aromatic nitrogens is 2. The summed E-state index contributed by atoms with van der Waals surface area (Å²) in [6.45, 7) is 0.586. The van der Waals surface area contributed by atoms with Crippen molar-refractivity contribution in [3.63, 3.8) is 0 Å². The van der Waals surface area contributed by atoms with Crippen LogP contribution in [0, 0.1) is 0 Å². The first-order valence-electron chi connectivity index (χ1n) is 7.95. The van der Waals surface area contributed by atoms with E-state index in [1.54, 1.807) is 16.0 Å². The summed E-state index contributed by atoms with van der Waals surface area (Å²) < 4.78 is 7.93. The summed E-state index contributed by atoms with van der Waals surface area (Å²) in [4.78, 5) is 13.2. The van der Waals surface area contributed by atoms with Gasteiger partial charge >= 0.3 is 0 Å². The van der Waals surface area contributed by atoms with E-state index in [1.807, 2.05) is 42.6 Å². The highest BCUT2D eigenvalue weighted by Crippen LogP contribution is 2.24. The summed E-state index contributed by atoms with van der Waals surface area (Å²) in [5.41, 5.74) is 0.927. The molecule has 0 bridgehead atoms. The lowest BCUT2D eigenvalue weighted by Gasteiger charge is -2.06. The molecule has 2 aromatic heterocycles. The summed E-state index contributed by atoms with van der Waals surface area (Å²) in [5, 5.41) is 9.28. The molecule has 0 saturated heterocycles. The van der Waals surface area contributed by atoms with Crippen LogP contribution in [0.15, 0.2) is 58.5 Å². The Morgan fingerprint density at radius 1 is 1.24 bits per heavy atom. The maximum Gasteiger partial charge on any atom is 0.258 e. The van der Waals surface area contributed by atoms with E-state index in [0.29, 0.717) is 16.9 Å². The topological polar surface area (TPSA) is 56.1 Å². The van der Waals surface area contributed by atoms with Crippen molar-refractivity contribution in [2.75, 3.05) is 13.2 Å². The molecule has 1 aromatic carbocycles. The van der Waals surface area contributed by atoms with Crippen LogP contribution in [0.25, 0.3) is 5.69 Å². The second-order valence-corrected chi connectivity index (χ2v) is 7.27. The lowest BCUT2D eigenvalue weighted by molar-refractivity contribution is -0.123. The first kappa shape index (κ1) is 17.7. The fourth-order valence-electron chi connectivity index (χ4n) is 2.28. The molecule has 1 N–H and O–H groups in total. The van der Waals surface area contributed by atoms with Gasteiger partial charge in [-0.05, 0) is 52.4 Å². The number of hydrogen-bond donors (Lipinski definition) is 1. The molecule has 0 aliphatic rings. The van der Waals surface area contributed by atoms with Gasteiger partial charge in [-0.15, -0.1) is 16.4 Å². The summed E-state index contributed by atoms with van der Waals surface area (Å²) >= 11 is 5.15. The van der Waals surface area contributed by atoms with Crippen LogP contribution >= 0.6 is 27.3 Å². The summed E-state index contributed by atoms with van der Waals surface area (Å²) in [7, 11) is 0. The number of nitrogens with zero attached hydrogens (tertiary/aromatic N) is 2. The number of hydrogen-bond acceptors (Lipinski definition) is 4. The monoisotopic (exact) mass is 419 g/mol. The number of benzene rings is 1. The van der Waals surface area contributed by atoms with Crippen molar-refractivity contribution in [2.45, 2.75) is 12.8 Å². The SMILES string of the molecule is O=C(COc1nn(-c2ccccc2)cc1Br)NCCCc1cccs1. The second-order valence-electron chi connectivity index (χ2n) is 5.38. The smallest absolute Gasteiger partial charge is 0.258 e. The van der Waals surface area contributed by atoms with Crippen molar-refractivity contribution in [3.8, 4) is 11.6 Å². The molecule has 1 amide bonds. The van der Waals surface area contributed by atoms with Crippen LogP contribution < -0.4 is 10.1 Å². The van der Waals surface area contributed by atoms with Crippen molar-refractivity contribution >= 4 is 33.2 Å². The number of amides is 1. The Morgan fingerprint density at radius 3 is 2.84 bits per heavy atom. The summed E-state index contributed by atoms with van der Waals surface area (Å²) in [6, 6.07) is 13.9. The average molecular weight is 420 g/mol. The van der Waals surface area contributed by atoms with Crippen LogP contribution in [0.3, 0.4) is 0 Å². The molecule has 25 heavy (non-hydrogen) atoms. The lowest BCUT2D eigenvalue weighted by atomic mass is 10.2. The number of thiophene rings is 1. The van der Waals surface area contributed by atoms with E-state index in [0.717, 1.165) is 18.5 Å². The number of para-hydroxylation sites is 1. The van der Waals surface area contributed by atoms with Crippen molar-refractivity contribution in [2.24, 2.45) is 0 Å². The van der Waals surface area contributed by atoms with E-state index in [2.05, 4.69) is 37.8 Å². The molecule has 0 unspecified atom stereocenters. The number of carbonyl (C=O) groups is 1. The largest absolute Gasteiger partial charge is 0.466 e. The molecule has 5 nitrogen and oxygen atoms in total. The van der Waals surface area contributed by atoms with Gasteiger partial charge in [-0.25, -0.2) is 4.68 Å². The minimum absolute atomic E-state index is 0.0522. The zero-order chi connectivity index (χ0) is 17.5. The zero-order valence-electron chi connectivity index (χ0n) is 13.5. The maximum absolute atomic E-state index is 11.9.